The fraction of sp³-hybridized carbons (Fsp3) is 0.500. The Morgan fingerprint density at radius 1 is 1.18 bits per heavy atom. The van der Waals surface area contributed by atoms with E-state index in [2.05, 4.69) is 4.90 Å². The Morgan fingerprint density at radius 3 is 2.29 bits per heavy atom. The van der Waals surface area contributed by atoms with Crippen LogP contribution in [-0.4, -0.2) is 23.8 Å². The van der Waals surface area contributed by atoms with E-state index in [1.165, 1.54) is 19.3 Å². The van der Waals surface area contributed by atoms with E-state index in [-0.39, 0.29) is 11.8 Å². The van der Waals surface area contributed by atoms with E-state index in [0.29, 0.717) is 0 Å². The Kier molecular flexibility index (Phi) is 4.19. The van der Waals surface area contributed by atoms with Crippen molar-refractivity contribution in [3.8, 4) is 0 Å². The number of Topliss-reactive ketones (excluding diaryl/α,β-unsaturated/α-hetero) is 1. The van der Waals surface area contributed by atoms with E-state index in [0.717, 1.165) is 23.7 Å². The van der Waals surface area contributed by atoms with Gasteiger partial charge in [0, 0.05) is 5.02 Å². The van der Waals surface area contributed by atoms with E-state index in [1.54, 1.807) is 6.92 Å². The molecule has 1 aromatic rings. The lowest BCUT2D eigenvalue weighted by atomic mass is 9.99. The Labute approximate surface area is 108 Å². The van der Waals surface area contributed by atoms with Gasteiger partial charge in [0.05, 0.1) is 6.04 Å². The van der Waals surface area contributed by atoms with Crippen LogP contribution in [0.15, 0.2) is 24.3 Å². The van der Waals surface area contributed by atoms with Gasteiger partial charge >= 0.3 is 0 Å². The first-order valence-electron chi connectivity index (χ1n) is 6.18. The number of carbonyl (C=O) groups is 1. The van der Waals surface area contributed by atoms with Gasteiger partial charge in [0.25, 0.3) is 0 Å². The highest BCUT2D eigenvalue weighted by Crippen LogP contribution is 2.26. The van der Waals surface area contributed by atoms with Crippen LogP contribution in [0.3, 0.4) is 0 Å². The molecule has 92 valence electrons. The highest BCUT2D eigenvalue weighted by atomic mass is 35.5. The van der Waals surface area contributed by atoms with E-state index < -0.39 is 0 Å². The number of benzene rings is 1. The Balaban J connectivity index is 2.21. The predicted molar refractivity (Wildman–Crippen MR) is 70.3 cm³/mol. The number of nitrogens with zero attached hydrogens (tertiary/aromatic N) is 1. The molecule has 2 nitrogen and oxygen atoms in total. The van der Waals surface area contributed by atoms with E-state index in [1.807, 2.05) is 24.3 Å². The predicted octanol–water partition coefficient (Wildman–Crippen LogP) is 3.46. The standard InChI is InChI=1S/C14H18ClNO/c1-11(17)14(16-9-3-2-4-10-16)12-5-7-13(15)8-6-12/h5-8,14H,2-4,9-10H2,1H3. The minimum Gasteiger partial charge on any atom is -0.298 e. The largest absolute Gasteiger partial charge is 0.298 e. The monoisotopic (exact) mass is 251 g/mol. The lowest BCUT2D eigenvalue weighted by Crippen LogP contribution is -2.37. The summed E-state index contributed by atoms with van der Waals surface area (Å²) in [5.41, 5.74) is 1.06. The van der Waals surface area contributed by atoms with Crippen LogP contribution < -0.4 is 0 Å². The molecule has 3 heteroatoms. The van der Waals surface area contributed by atoms with E-state index in [9.17, 15) is 4.79 Å². The molecule has 0 N–H and O–H groups in total. The van der Waals surface area contributed by atoms with Gasteiger partial charge in [0.2, 0.25) is 0 Å². The Morgan fingerprint density at radius 2 is 1.76 bits per heavy atom. The molecule has 0 saturated carbocycles. The minimum atomic E-state index is -0.0902. The zero-order valence-corrected chi connectivity index (χ0v) is 10.9. The van der Waals surface area contributed by atoms with Crippen LogP contribution in [0.5, 0.6) is 0 Å². The number of carbonyl (C=O) groups excluding carboxylic acids is 1. The fourth-order valence-corrected chi connectivity index (χ4v) is 2.65. The molecule has 1 saturated heterocycles. The number of hydrogen-bond donors (Lipinski definition) is 0. The molecule has 1 unspecified atom stereocenters. The summed E-state index contributed by atoms with van der Waals surface area (Å²) in [6, 6.07) is 7.55. The van der Waals surface area contributed by atoms with Gasteiger partial charge in [0.15, 0.2) is 5.78 Å². The summed E-state index contributed by atoms with van der Waals surface area (Å²) in [7, 11) is 0. The molecular formula is C14H18ClNO. The molecule has 1 aromatic carbocycles. The van der Waals surface area contributed by atoms with Gasteiger partial charge in [-0.05, 0) is 50.6 Å². The second-order valence-electron chi connectivity index (χ2n) is 4.66. The molecule has 0 radical (unpaired) electrons. The van der Waals surface area contributed by atoms with Crippen molar-refractivity contribution in [1.82, 2.24) is 4.90 Å². The van der Waals surface area contributed by atoms with Gasteiger partial charge in [-0.15, -0.1) is 0 Å². The third-order valence-corrected chi connectivity index (χ3v) is 3.58. The third-order valence-electron chi connectivity index (χ3n) is 3.33. The molecule has 0 aromatic heterocycles. The summed E-state index contributed by atoms with van der Waals surface area (Å²) < 4.78 is 0. The molecule has 0 spiro atoms. The van der Waals surface area contributed by atoms with E-state index >= 15 is 0 Å². The zero-order chi connectivity index (χ0) is 12.3. The van der Waals surface area contributed by atoms with Crippen molar-refractivity contribution in [2.75, 3.05) is 13.1 Å². The normalized spacial score (nSPS) is 18.9. The van der Waals surface area contributed by atoms with Crippen molar-refractivity contribution in [3.63, 3.8) is 0 Å². The summed E-state index contributed by atoms with van der Waals surface area (Å²) in [4.78, 5) is 14.1. The summed E-state index contributed by atoms with van der Waals surface area (Å²) in [5, 5.41) is 0.717. The Bertz CT molecular complexity index is 382. The molecule has 1 heterocycles. The topological polar surface area (TPSA) is 20.3 Å². The number of hydrogen-bond acceptors (Lipinski definition) is 2. The van der Waals surface area contributed by atoms with E-state index in [4.69, 9.17) is 11.6 Å². The lowest BCUT2D eigenvalue weighted by Gasteiger charge is -2.33. The maximum atomic E-state index is 11.9. The number of halogens is 1. The average molecular weight is 252 g/mol. The van der Waals surface area contributed by atoms with Crippen LogP contribution in [0.4, 0.5) is 0 Å². The molecule has 17 heavy (non-hydrogen) atoms. The van der Waals surface area contributed by atoms with Crippen molar-refractivity contribution in [2.45, 2.75) is 32.2 Å². The zero-order valence-electron chi connectivity index (χ0n) is 10.2. The summed E-state index contributed by atoms with van der Waals surface area (Å²) in [6.45, 7) is 3.72. The van der Waals surface area contributed by atoms with Gasteiger partial charge in [-0.3, -0.25) is 9.69 Å². The Hall–Kier alpha value is -0.860. The molecule has 1 atom stereocenters. The second-order valence-corrected chi connectivity index (χ2v) is 5.10. The van der Waals surface area contributed by atoms with Gasteiger partial charge < -0.3 is 0 Å². The quantitative estimate of drug-likeness (QED) is 0.820. The molecule has 1 aliphatic rings. The fourth-order valence-electron chi connectivity index (χ4n) is 2.52. The van der Waals surface area contributed by atoms with Crippen molar-refractivity contribution < 1.29 is 4.79 Å². The second kappa shape index (κ2) is 5.65. The maximum absolute atomic E-state index is 11.9. The van der Waals surface area contributed by atoms with Crippen LogP contribution in [0.25, 0.3) is 0 Å². The van der Waals surface area contributed by atoms with Gasteiger partial charge in [-0.1, -0.05) is 30.2 Å². The van der Waals surface area contributed by atoms with Crippen molar-refractivity contribution >= 4 is 17.4 Å². The molecule has 1 fully saturated rings. The van der Waals surface area contributed by atoms with Crippen molar-refractivity contribution in [1.29, 1.82) is 0 Å². The summed E-state index contributed by atoms with van der Waals surface area (Å²) >= 11 is 5.88. The first kappa shape index (κ1) is 12.6. The van der Waals surface area contributed by atoms with Crippen LogP contribution in [0.1, 0.15) is 37.8 Å². The average Bonchev–Trinajstić information content (AvgIpc) is 2.33. The number of ketones is 1. The third kappa shape index (κ3) is 3.08. The van der Waals surface area contributed by atoms with Crippen molar-refractivity contribution in [3.05, 3.63) is 34.9 Å². The maximum Gasteiger partial charge on any atom is 0.151 e. The molecule has 2 rings (SSSR count). The summed E-state index contributed by atoms with van der Waals surface area (Å²) in [5.74, 6) is 0.217. The number of likely N-dealkylation sites (tertiary alicyclic amines) is 1. The first-order chi connectivity index (χ1) is 8.18. The van der Waals surface area contributed by atoms with Crippen LogP contribution in [-0.2, 0) is 4.79 Å². The van der Waals surface area contributed by atoms with Gasteiger partial charge in [-0.2, -0.15) is 0 Å². The molecule has 0 aliphatic carbocycles. The van der Waals surface area contributed by atoms with Crippen LogP contribution in [0, 0.1) is 0 Å². The van der Waals surface area contributed by atoms with Crippen LogP contribution >= 0.6 is 11.6 Å². The minimum absolute atomic E-state index is 0.0902. The van der Waals surface area contributed by atoms with Gasteiger partial charge in [-0.25, -0.2) is 0 Å². The van der Waals surface area contributed by atoms with Crippen LogP contribution in [0.2, 0.25) is 5.02 Å². The first-order valence-corrected chi connectivity index (χ1v) is 6.56. The highest BCUT2D eigenvalue weighted by Gasteiger charge is 2.25. The molecular weight excluding hydrogens is 234 g/mol. The smallest absolute Gasteiger partial charge is 0.151 e. The summed E-state index contributed by atoms with van der Waals surface area (Å²) in [6.07, 6.45) is 3.66. The lowest BCUT2D eigenvalue weighted by molar-refractivity contribution is -0.122. The molecule has 1 aliphatic heterocycles. The number of piperidine rings is 1. The SMILES string of the molecule is CC(=O)C(c1ccc(Cl)cc1)N1CCCCC1. The van der Waals surface area contributed by atoms with Gasteiger partial charge in [0.1, 0.15) is 0 Å². The highest BCUT2D eigenvalue weighted by molar-refractivity contribution is 6.30. The van der Waals surface area contributed by atoms with Crippen molar-refractivity contribution in [2.24, 2.45) is 0 Å². The molecule has 0 bridgehead atoms. The number of rotatable bonds is 3. The molecule has 0 amide bonds.